The molecule has 5 nitrogen and oxygen atoms in total. The molecule has 0 saturated carbocycles. The molecule has 23 heavy (non-hydrogen) atoms. The predicted octanol–water partition coefficient (Wildman–Crippen LogP) is 1.82. The van der Waals surface area contributed by atoms with Crippen molar-refractivity contribution in [1.82, 2.24) is 10.2 Å². The highest BCUT2D eigenvalue weighted by atomic mass is 35.5. The van der Waals surface area contributed by atoms with Crippen molar-refractivity contribution in [1.29, 1.82) is 0 Å². The Bertz CT molecular complexity index is 341. The molecule has 2 aliphatic rings. The number of carbonyl (C=O) groups excluding carboxylic acids is 1. The molecule has 0 spiro atoms. The Kier molecular flexibility index (Phi) is 11.4. The molecule has 3 atom stereocenters. The SMILES string of the molecule is CC1CCCN(CC(C)NC(=O)C(N)C2CCOCC2)C1.Cl.Cl. The third-order valence-electron chi connectivity index (χ3n) is 4.74. The van der Waals surface area contributed by atoms with Crippen LogP contribution in [0.4, 0.5) is 0 Å². The molecule has 138 valence electrons. The number of nitrogens with one attached hydrogen (secondary N) is 1. The lowest BCUT2D eigenvalue weighted by atomic mass is 9.91. The molecule has 0 aliphatic carbocycles. The number of nitrogens with zero attached hydrogens (tertiary/aromatic N) is 1. The fourth-order valence-electron chi connectivity index (χ4n) is 3.51. The average molecular weight is 370 g/mol. The normalized spacial score (nSPS) is 25.6. The molecule has 2 fully saturated rings. The van der Waals surface area contributed by atoms with E-state index in [1.54, 1.807) is 0 Å². The third kappa shape index (κ3) is 7.57. The smallest absolute Gasteiger partial charge is 0.237 e. The van der Waals surface area contributed by atoms with E-state index >= 15 is 0 Å². The maximum absolute atomic E-state index is 12.3. The molecular weight excluding hydrogens is 337 g/mol. The summed E-state index contributed by atoms with van der Waals surface area (Å²) in [5.74, 6) is 1.03. The molecule has 7 heteroatoms. The molecule has 3 N–H and O–H groups in total. The van der Waals surface area contributed by atoms with Gasteiger partial charge in [-0.15, -0.1) is 24.8 Å². The molecular formula is C16H33Cl2N3O2. The quantitative estimate of drug-likeness (QED) is 0.775. The summed E-state index contributed by atoms with van der Waals surface area (Å²) in [5, 5.41) is 3.09. The molecule has 0 radical (unpaired) electrons. The van der Waals surface area contributed by atoms with Crippen molar-refractivity contribution in [3.8, 4) is 0 Å². The van der Waals surface area contributed by atoms with Gasteiger partial charge in [-0.05, 0) is 51.0 Å². The Labute approximate surface area is 152 Å². The van der Waals surface area contributed by atoms with Crippen LogP contribution in [0.5, 0.6) is 0 Å². The second-order valence-electron chi connectivity index (χ2n) is 6.89. The molecule has 3 unspecified atom stereocenters. The number of piperidine rings is 1. The molecule has 2 rings (SSSR count). The van der Waals surface area contributed by atoms with Gasteiger partial charge in [-0.3, -0.25) is 4.79 Å². The summed E-state index contributed by atoms with van der Waals surface area (Å²) in [5.41, 5.74) is 6.11. The molecule has 2 aliphatic heterocycles. The van der Waals surface area contributed by atoms with E-state index in [0.29, 0.717) is 0 Å². The van der Waals surface area contributed by atoms with Gasteiger partial charge in [0.05, 0.1) is 6.04 Å². The van der Waals surface area contributed by atoms with Gasteiger partial charge in [0.2, 0.25) is 5.91 Å². The van der Waals surface area contributed by atoms with Crippen molar-refractivity contribution < 1.29 is 9.53 Å². The van der Waals surface area contributed by atoms with E-state index in [1.807, 2.05) is 0 Å². The van der Waals surface area contributed by atoms with Crippen molar-refractivity contribution in [2.45, 2.75) is 51.6 Å². The van der Waals surface area contributed by atoms with E-state index in [0.717, 1.165) is 51.6 Å². The zero-order valence-electron chi connectivity index (χ0n) is 14.3. The van der Waals surface area contributed by atoms with Gasteiger partial charge in [-0.2, -0.15) is 0 Å². The molecule has 0 aromatic carbocycles. The van der Waals surface area contributed by atoms with Crippen molar-refractivity contribution in [2.75, 3.05) is 32.8 Å². The van der Waals surface area contributed by atoms with Crippen molar-refractivity contribution >= 4 is 30.7 Å². The zero-order valence-corrected chi connectivity index (χ0v) is 16.0. The summed E-state index contributed by atoms with van der Waals surface area (Å²) in [6, 6.07) is -0.231. The third-order valence-corrected chi connectivity index (χ3v) is 4.74. The first-order valence-electron chi connectivity index (χ1n) is 8.42. The van der Waals surface area contributed by atoms with Crippen LogP contribution < -0.4 is 11.1 Å². The van der Waals surface area contributed by atoms with Crippen LogP contribution in [0.15, 0.2) is 0 Å². The molecule has 0 aromatic heterocycles. The van der Waals surface area contributed by atoms with Gasteiger partial charge in [-0.1, -0.05) is 6.92 Å². The number of nitrogens with two attached hydrogens (primary N) is 1. The van der Waals surface area contributed by atoms with Crippen molar-refractivity contribution in [3.05, 3.63) is 0 Å². The number of halogens is 2. The Morgan fingerprint density at radius 1 is 1.30 bits per heavy atom. The van der Waals surface area contributed by atoms with Gasteiger partial charge in [0.25, 0.3) is 0 Å². The maximum atomic E-state index is 12.3. The van der Waals surface area contributed by atoms with Crippen LogP contribution in [-0.2, 0) is 9.53 Å². The fourth-order valence-corrected chi connectivity index (χ4v) is 3.51. The molecule has 1 amide bonds. The molecule has 0 aromatic rings. The topological polar surface area (TPSA) is 67.6 Å². The number of rotatable bonds is 5. The number of hydrogen-bond donors (Lipinski definition) is 2. The van der Waals surface area contributed by atoms with Gasteiger partial charge < -0.3 is 20.7 Å². The van der Waals surface area contributed by atoms with Gasteiger partial charge in [0.15, 0.2) is 0 Å². The summed E-state index contributed by atoms with van der Waals surface area (Å²) in [7, 11) is 0. The lowest BCUT2D eigenvalue weighted by molar-refractivity contribution is -0.125. The standard InChI is InChI=1S/C16H31N3O2.2ClH/c1-12-4-3-7-19(10-12)11-13(2)18-16(20)15(17)14-5-8-21-9-6-14;;/h12-15H,3-11,17H2,1-2H3,(H,18,20);2*1H. The second kappa shape index (κ2) is 11.5. The molecule has 2 saturated heterocycles. The monoisotopic (exact) mass is 369 g/mol. The van der Waals surface area contributed by atoms with E-state index in [9.17, 15) is 4.79 Å². The van der Waals surface area contributed by atoms with E-state index in [-0.39, 0.29) is 42.7 Å². The van der Waals surface area contributed by atoms with Crippen LogP contribution in [0.25, 0.3) is 0 Å². The largest absolute Gasteiger partial charge is 0.381 e. The summed E-state index contributed by atoms with van der Waals surface area (Å²) in [4.78, 5) is 14.7. The lowest BCUT2D eigenvalue weighted by Crippen LogP contribution is -2.52. The highest BCUT2D eigenvalue weighted by Crippen LogP contribution is 2.18. The van der Waals surface area contributed by atoms with E-state index < -0.39 is 6.04 Å². The van der Waals surface area contributed by atoms with Crippen LogP contribution >= 0.6 is 24.8 Å². The summed E-state index contributed by atoms with van der Waals surface area (Å²) < 4.78 is 5.33. The zero-order chi connectivity index (χ0) is 15.2. The van der Waals surface area contributed by atoms with Crippen LogP contribution in [0, 0.1) is 11.8 Å². The number of hydrogen-bond acceptors (Lipinski definition) is 4. The predicted molar refractivity (Wildman–Crippen MR) is 98.5 cm³/mol. The van der Waals surface area contributed by atoms with Gasteiger partial charge >= 0.3 is 0 Å². The lowest BCUT2D eigenvalue weighted by Gasteiger charge is -2.33. The number of carbonyl (C=O) groups is 1. The van der Waals surface area contributed by atoms with E-state index in [4.69, 9.17) is 10.5 Å². The number of amides is 1. The van der Waals surface area contributed by atoms with Gasteiger partial charge in [-0.25, -0.2) is 0 Å². The Balaban J connectivity index is 0.00000242. The van der Waals surface area contributed by atoms with Gasteiger partial charge in [0, 0.05) is 32.3 Å². The Hall–Kier alpha value is -0.0700. The van der Waals surface area contributed by atoms with Crippen molar-refractivity contribution in [2.24, 2.45) is 17.6 Å². The molecule has 0 bridgehead atoms. The fraction of sp³-hybridized carbons (Fsp3) is 0.938. The highest BCUT2D eigenvalue weighted by molar-refractivity contribution is 5.85. The first kappa shape index (κ1) is 22.9. The minimum Gasteiger partial charge on any atom is -0.381 e. The second-order valence-corrected chi connectivity index (χ2v) is 6.89. The highest BCUT2D eigenvalue weighted by Gasteiger charge is 2.27. The van der Waals surface area contributed by atoms with Crippen LogP contribution in [0.2, 0.25) is 0 Å². The van der Waals surface area contributed by atoms with E-state index in [2.05, 4.69) is 24.1 Å². The summed E-state index contributed by atoms with van der Waals surface area (Å²) in [6.07, 6.45) is 4.38. The van der Waals surface area contributed by atoms with Gasteiger partial charge in [0.1, 0.15) is 0 Å². The summed E-state index contributed by atoms with van der Waals surface area (Å²) in [6.45, 7) is 9.06. The average Bonchev–Trinajstić information content (AvgIpc) is 2.47. The summed E-state index contributed by atoms with van der Waals surface area (Å²) >= 11 is 0. The van der Waals surface area contributed by atoms with Crippen LogP contribution in [0.1, 0.15) is 39.5 Å². The molecule has 2 heterocycles. The number of ether oxygens (including phenoxy) is 1. The minimum atomic E-state index is -0.392. The van der Waals surface area contributed by atoms with Crippen LogP contribution in [0.3, 0.4) is 0 Å². The van der Waals surface area contributed by atoms with Crippen molar-refractivity contribution in [3.63, 3.8) is 0 Å². The van der Waals surface area contributed by atoms with Crippen LogP contribution in [-0.4, -0.2) is 55.7 Å². The Morgan fingerprint density at radius 3 is 2.57 bits per heavy atom. The first-order valence-corrected chi connectivity index (χ1v) is 8.42. The Morgan fingerprint density at radius 2 is 1.96 bits per heavy atom. The number of likely N-dealkylation sites (tertiary alicyclic amines) is 1. The maximum Gasteiger partial charge on any atom is 0.237 e. The minimum absolute atomic E-state index is 0. The first-order chi connectivity index (χ1) is 10.1. The van der Waals surface area contributed by atoms with E-state index in [1.165, 1.54) is 12.8 Å².